The van der Waals surface area contributed by atoms with Crippen LogP contribution >= 0.6 is 11.6 Å². The first-order valence-electron chi connectivity index (χ1n) is 3.86. The van der Waals surface area contributed by atoms with E-state index in [4.69, 9.17) is 17.4 Å². The van der Waals surface area contributed by atoms with E-state index in [9.17, 15) is 4.79 Å². The Labute approximate surface area is 83.9 Å². The number of pyridine rings is 2. The molecule has 0 aliphatic carbocycles. The number of hydrazine groups is 1. The number of nitrogens with two attached hydrogens (primary N) is 1. The van der Waals surface area contributed by atoms with Crippen molar-refractivity contribution in [2.24, 2.45) is 5.84 Å². The number of H-pyrrole nitrogens is 1. The van der Waals surface area contributed by atoms with Crippen molar-refractivity contribution in [3.05, 3.63) is 33.8 Å². The van der Waals surface area contributed by atoms with Crippen LogP contribution in [0.1, 0.15) is 0 Å². The van der Waals surface area contributed by atoms with E-state index in [0.717, 1.165) is 0 Å². The molecule has 0 fully saturated rings. The molecule has 0 amide bonds. The molecule has 5 nitrogen and oxygen atoms in total. The first-order chi connectivity index (χ1) is 6.72. The number of anilines is 1. The van der Waals surface area contributed by atoms with E-state index >= 15 is 0 Å². The molecule has 2 heterocycles. The van der Waals surface area contributed by atoms with Crippen LogP contribution in [0.25, 0.3) is 10.8 Å². The van der Waals surface area contributed by atoms with Gasteiger partial charge in [-0.05, 0) is 11.5 Å². The average molecular weight is 211 g/mol. The third-order valence-electron chi connectivity index (χ3n) is 1.87. The fourth-order valence-electron chi connectivity index (χ4n) is 1.29. The summed E-state index contributed by atoms with van der Waals surface area (Å²) >= 11 is 5.86. The topological polar surface area (TPSA) is 83.8 Å². The maximum absolute atomic E-state index is 11.2. The van der Waals surface area contributed by atoms with Crippen LogP contribution in [-0.4, -0.2) is 9.97 Å². The summed E-state index contributed by atoms with van der Waals surface area (Å²) in [4.78, 5) is 17.6. The van der Waals surface area contributed by atoms with Gasteiger partial charge in [0, 0.05) is 12.3 Å². The summed E-state index contributed by atoms with van der Waals surface area (Å²) < 4.78 is 0. The number of halogens is 1. The highest BCUT2D eigenvalue weighted by Crippen LogP contribution is 2.24. The van der Waals surface area contributed by atoms with Crippen molar-refractivity contribution < 1.29 is 0 Å². The zero-order chi connectivity index (χ0) is 10.1. The minimum Gasteiger partial charge on any atom is -0.309 e. The van der Waals surface area contributed by atoms with Gasteiger partial charge in [0.15, 0.2) is 0 Å². The van der Waals surface area contributed by atoms with Gasteiger partial charge in [0.25, 0.3) is 0 Å². The fourth-order valence-corrected chi connectivity index (χ4v) is 1.55. The molecule has 0 aliphatic heterocycles. The molecule has 0 radical (unpaired) electrons. The molecule has 0 spiro atoms. The van der Waals surface area contributed by atoms with E-state index in [0.29, 0.717) is 21.7 Å². The molecular weight excluding hydrogens is 204 g/mol. The molecule has 0 aliphatic rings. The van der Waals surface area contributed by atoms with Gasteiger partial charge in [-0.1, -0.05) is 11.6 Å². The largest absolute Gasteiger partial charge is 0.309 e. The summed E-state index contributed by atoms with van der Waals surface area (Å²) in [6, 6.07) is 3.13. The normalized spacial score (nSPS) is 10.4. The molecule has 2 aromatic heterocycles. The van der Waals surface area contributed by atoms with E-state index in [1.54, 1.807) is 6.07 Å². The van der Waals surface area contributed by atoms with Crippen molar-refractivity contribution in [2.45, 2.75) is 0 Å². The Kier molecular flexibility index (Phi) is 2.11. The molecule has 0 aromatic carbocycles. The second-order valence-corrected chi connectivity index (χ2v) is 3.08. The molecule has 0 atom stereocenters. The lowest BCUT2D eigenvalue weighted by Gasteiger charge is -2.05. The van der Waals surface area contributed by atoms with Gasteiger partial charge in [-0.2, -0.15) is 0 Å². The van der Waals surface area contributed by atoms with Gasteiger partial charge in [0.05, 0.1) is 5.39 Å². The first-order valence-corrected chi connectivity index (χ1v) is 4.24. The average Bonchev–Trinajstić information content (AvgIpc) is 2.16. The van der Waals surface area contributed by atoms with Crippen LogP contribution in [0, 0.1) is 0 Å². The number of nitrogens with one attached hydrogen (secondary N) is 2. The second-order valence-electron chi connectivity index (χ2n) is 2.72. The highest BCUT2D eigenvalue weighted by atomic mass is 35.5. The Balaban J connectivity index is 2.96. The van der Waals surface area contributed by atoms with E-state index < -0.39 is 0 Å². The molecule has 72 valence electrons. The number of fused-ring (bicyclic) bond motifs is 1. The van der Waals surface area contributed by atoms with Crippen molar-refractivity contribution >= 4 is 28.2 Å². The summed E-state index contributed by atoms with van der Waals surface area (Å²) in [6.45, 7) is 0. The molecule has 6 heteroatoms. The molecule has 14 heavy (non-hydrogen) atoms. The Morgan fingerprint density at radius 2 is 2.36 bits per heavy atom. The van der Waals surface area contributed by atoms with Gasteiger partial charge in [-0.25, -0.2) is 10.8 Å². The lowest BCUT2D eigenvalue weighted by atomic mass is 10.2. The Bertz CT molecular complexity index is 536. The second kappa shape index (κ2) is 3.28. The number of hydrogen-bond donors (Lipinski definition) is 3. The van der Waals surface area contributed by atoms with Crippen LogP contribution < -0.4 is 16.8 Å². The molecule has 0 saturated carbocycles. The Morgan fingerprint density at radius 1 is 1.57 bits per heavy atom. The lowest BCUT2D eigenvalue weighted by Crippen LogP contribution is -2.14. The number of nitrogen functional groups attached to an aromatic ring is 1. The predicted octanol–water partition coefficient (Wildman–Crippen LogP) is 0.862. The third kappa shape index (κ3) is 1.32. The van der Waals surface area contributed by atoms with Crippen LogP contribution in [0.2, 0.25) is 5.15 Å². The molecule has 0 unspecified atom stereocenters. The molecule has 0 saturated heterocycles. The fraction of sp³-hybridized carbons (Fsp3) is 0. The number of rotatable bonds is 1. The summed E-state index contributed by atoms with van der Waals surface area (Å²) in [5.74, 6) is 5.61. The summed E-state index contributed by atoms with van der Waals surface area (Å²) in [5, 5.41) is 1.60. The maximum Gasteiger partial charge on any atom is 0.250 e. The molecular formula is C8H7ClN4O. The van der Waals surface area contributed by atoms with Crippen molar-refractivity contribution in [1.29, 1.82) is 0 Å². The summed E-state index contributed by atoms with van der Waals surface area (Å²) in [6.07, 6.45) is 1.53. The summed E-state index contributed by atoms with van der Waals surface area (Å²) in [7, 11) is 0. The smallest absolute Gasteiger partial charge is 0.250 e. The minimum atomic E-state index is -0.243. The number of aromatic amines is 1. The molecule has 4 N–H and O–H groups in total. The van der Waals surface area contributed by atoms with E-state index in [2.05, 4.69) is 15.4 Å². The zero-order valence-electron chi connectivity index (χ0n) is 7.04. The van der Waals surface area contributed by atoms with Crippen LogP contribution in [0.3, 0.4) is 0 Å². The van der Waals surface area contributed by atoms with Crippen LogP contribution in [-0.2, 0) is 0 Å². The van der Waals surface area contributed by atoms with Crippen LogP contribution in [0.15, 0.2) is 23.1 Å². The Hall–Kier alpha value is -1.59. The third-order valence-corrected chi connectivity index (χ3v) is 2.15. The first kappa shape index (κ1) is 8.98. The van der Waals surface area contributed by atoms with Gasteiger partial charge >= 0.3 is 0 Å². The lowest BCUT2D eigenvalue weighted by molar-refractivity contribution is 1.20. The van der Waals surface area contributed by atoms with Crippen molar-refractivity contribution in [3.8, 4) is 0 Å². The van der Waals surface area contributed by atoms with E-state index in [1.165, 1.54) is 12.3 Å². The number of aromatic nitrogens is 2. The highest BCUT2D eigenvalue weighted by molar-refractivity contribution is 6.35. The summed E-state index contributed by atoms with van der Waals surface area (Å²) in [5.41, 5.74) is 2.13. The van der Waals surface area contributed by atoms with Crippen molar-refractivity contribution in [1.82, 2.24) is 9.97 Å². The van der Waals surface area contributed by atoms with E-state index in [1.807, 2.05) is 0 Å². The van der Waals surface area contributed by atoms with Gasteiger partial charge in [0.1, 0.15) is 11.0 Å². The SMILES string of the molecule is NNc1[nH]c(=O)cc2ccnc(Cl)c12. The molecule has 2 rings (SSSR count). The highest BCUT2D eigenvalue weighted by Gasteiger charge is 2.06. The maximum atomic E-state index is 11.2. The van der Waals surface area contributed by atoms with Gasteiger partial charge in [0.2, 0.25) is 5.56 Å². The van der Waals surface area contributed by atoms with Crippen LogP contribution in [0.5, 0.6) is 0 Å². The Morgan fingerprint density at radius 3 is 3.07 bits per heavy atom. The molecule has 2 aromatic rings. The standard InChI is InChI=1S/C8H7ClN4O/c9-7-6-4(1-2-11-7)3-5(14)12-8(6)13-10/h1-3H,10H2,(H2,12,13,14). The van der Waals surface area contributed by atoms with Crippen LogP contribution in [0.4, 0.5) is 5.82 Å². The van der Waals surface area contributed by atoms with Gasteiger partial charge in [-0.3, -0.25) is 4.79 Å². The monoisotopic (exact) mass is 210 g/mol. The number of hydrogen-bond acceptors (Lipinski definition) is 4. The van der Waals surface area contributed by atoms with Crippen molar-refractivity contribution in [2.75, 3.05) is 5.43 Å². The predicted molar refractivity (Wildman–Crippen MR) is 55.2 cm³/mol. The minimum absolute atomic E-state index is 0.243. The number of nitrogens with zero attached hydrogens (tertiary/aromatic N) is 1. The van der Waals surface area contributed by atoms with Crippen molar-refractivity contribution in [3.63, 3.8) is 0 Å². The molecule has 0 bridgehead atoms. The van der Waals surface area contributed by atoms with Gasteiger partial charge in [-0.15, -0.1) is 0 Å². The van der Waals surface area contributed by atoms with Gasteiger partial charge < -0.3 is 10.4 Å². The zero-order valence-corrected chi connectivity index (χ0v) is 7.80. The van der Waals surface area contributed by atoms with E-state index in [-0.39, 0.29) is 5.56 Å². The quantitative estimate of drug-likeness (QED) is 0.370.